The third kappa shape index (κ3) is 12.5. The molecule has 0 spiro atoms. The third-order valence-electron chi connectivity index (χ3n) is 8.78. The lowest BCUT2D eigenvalue weighted by Gasteiger charge is -2.39. The van der Waals surface area contributed by atoms with Gasteiger partial charge in [0.15, 0.2) is 0 Å². The lowest BCUT2D eigenvalue weighted by Crippen LogP contribution is -2.90. The van der Waals surface area contributed by atoms with Gasteiger partial charge in [-0.05, 0) is 95.6 Å². The molecule has 3 rings (SSSR count). The van der Waals surface area contributed by atoms with Crippen LogP contribution in [0.25, 0.3) is 0 Å². The zero-order chi connectivity index (χ0) is 34.9. The summed E-state index contributed by atoms with van der Waals surface area (Å²) in [7, 11) is 5.73. The molecule has 1 aromatic carbocycles. The van der Waals surface area contributed by atoms with E-state index in [1.165, 1.54) is 17.6 Å². The maximum Gasteiger partial charge on any atom is 0.251 e. The van der Waals surface area contributed by atoms with Gasteiger partial charge in [-0.3, -0.25) is 25.2 Å². The molecular formula is C38H65N6O3+. The molecule has 1 amide bonds. The Hall–Kier alpha value is -3.53. The van der Waals surface area contributed by atoms with Gasteiger partial charge in [0.1, 0.15) is 12.3 Å². The summed E-state index contributed by atoms with van der Waals surface area (Å²) >= 11 is 0. The number of aldehydes is 1. The van der Waals surface area contributed by atoms with Crippen LogP contribution in [-0.2, 0) is 17.6 Å². The van der Waals surface area contributed by atoms with Crippen LogP contribution in [-0.4, -0.2) is 86.0 Å². The fraction of sp³-hybridized carbons (Fsp3) is 0.553. The first-order valence-electron chi connectivity index (χ1n) is 16.5. The first kappa shape index (κ1) is 43.5. The highest BCUT2D eigenvalue weighted by atomic mass is 16.3. The van der Waals surface area contributed by atoms with Crippen LogP contribution < -0.4 is 26.7 Å². The number of amidine groups is 1. The van der Waals surface area contributed by atoms with Gasteiger partial charge in [-0.2, -0.15) is 0 Å². The smallest absolute Gasteiger partial charge is 0.251 e. The van der Waals surface area contributed by atoms with E-state index < -0.39 is 11.6 Å². The highest BCUT2D eigenvalue weighted by molar-refractivity contribution is 5.96. The van der Waals surface area contributed by atoms with E-state index >= 15 is 0 Å². The third-order valence-corrected chi connectivity index (χ3v) is 8.78. The van der Waals surface area contributed by atoms with Crippen LogP contribution in [0, 0.1) is 5.92 Å². The Morgan fingerprint density at radius 1 is 1.23 bits per heavy atom. The number of carbonyl (C=O) groups is 2. The highest BCUT2D eigenvalue weighted by Gasteiger charge is 2.54. The average Bonchev–Trinajstić information content (AvgIpc) is 3.26. The second-order valence-corrected chi connectivity index (χ2v) is 12.4. The van der Waals surface area contributed by atoms with Gasteiger partial charge in [-0.25, -0.2) is 0 Å². The van der Waals surface area contributed by atoms with Crippen molar-refractivity contribution in [3.63, 3.8) is 0 Å². The number of amides is 1. The number of nitrogens with two attached hydrogens (primary N) is 1. The van der Waals surface area contributed by atoms with Crippen molar-refractivity contribution in [2.45, 2.75) is 97.9 Å². The van der Waals surface area contributed by atoms with Crippen molar-refractivity contribution >= 4 is 18.0 Å². The summed E-state index contributed by atoms with van der Waals surface area (Å²) in [6, 6.07) is 5.44. The van der Waals surface area contributed by atoms with Crippen molar-refractivity contribution in [2.24, 2.45) is 11.7 Å². The summed E-state index contributed by atoms with van der Waals surface area (Å²) in [6.07, 6.45) is 12.3. The molecule has 7 N–H and O–H groups in total. The summed E-state index contributed by atoms with van der Waals surface area (Å²) in [4.78, 5) is 28.9. The SMILES string of the molecule is C.C=C(C=O)/C=C\C(=C/C)C(C)C.C=CNCC([NH+]=C(N)CC)C1(C)C(O)C(NC(=O)c2cccc3c2CCCC3)CN1C.CNC. The Balaban J connectivity index is 0.00000111. The normalized spacial score (nSPS) is 21.7. The number of hydrogen-bond donors (Lipinski definition) is 6. The van der Waals surface area contributed by atoms with Crippen LogP contribution in [0.1, 0.15) is 82.8 Å². The van der Waals surface area contributed by atoms with Gasteiger partial charge in [-0.1, -0.05) is 71.7 Å². The number of hydrogen-bond acceptors (Lipinski definition) is 6. The van der Waals surface area contributed by atoms with E-state index in [9.17, 15) is 14.7 Å². The summed E-state index contributed by atoms with van der Waals surface area (Å²) in [5.74, 6) is 1.06. The maximum atomic E-state index is 13.2. The predicted molar refractivity (Wildman–Crippen MR) is 198 cm³/mol. The topological polar surface area (TPSA) is 134 Å². The summed E-state index contributed by atoms with van der Waals surface area (Å²) in [5, 5.41) is 20.4. The van der Waals surface area contributed by atoms with Crippen molar-refractivity contribution in [1.82, 2.24) is 20.9 Å². The van der Waals surface area contributed by atoms with Crippen LogP contribution in [0.4, 0.5) is 0 Å². The maximum absolute atomic E-state index is 13.2. The van der Waals surface area contributed by atoms with Gasteiger partial charge in [-0.15, -0.1) is 0 Å². The van der Waals surface area contributed by atoms with E-state index in [1.54, 1.807) is 12.3 Å². The van der Waals surface area contributed by atoms with Crippen LogP contribution >= 0.6 is 0 Å². The summed E-state index contributed by atoms with van der Waals surface area (Å²) in [5.41, 5.74) is 10.4. The van der Waals surface area contributed by atoms with Crippen LogP contribution in [0.2, 0.25) is 0 Å². The van der Waals surface area contributed by atoms with Gasteiger partial charge >= 0.3 is 0 Å². The van der Waals surface area contributed by atoms with E-state index in [0.717, 1.165) is 36.7 Å². The lowest BCUT2D eigenvalue weighted by atomic mass is 9.85. The number of nitrogens with zero attached hydrogens (tertiary/aromatic N) is 1. The predicted octanol–water partition coefficient (Wildman–Crippen LogP) is 3.05. The number of aliphatic hydroxyl groups is 1. The van der Waals surface area contributed by atoms with Gasteiger partial charge < -0.3 is 21.1 Å². The molecule has 0 aromatic heterocycles. The van der Waals surface area contributed by atoms with Crippen molar-refractivity contribution in [2.75, 3.05) is 34.2 Å². The number of rotatable bonds is 12. The molecule has 9 heteroatoms. The average molecular weight is 654 g/mol. The number of likely N-dealkylation sites (N-methyl/N-ethyl adjacent to an activating group) is 1. The molecular weight excluding hydrogens is 588 g/mol. The molecule has 9 nitrogen and oxygen atoms in total. The summed E-state index contributed by atoms with van der Waals surface area (Å²) < 4.78 is 0. The van der Waals surface area contributed by atoms with Crippen molar-refractivity contribution in [3.8, 4) is 0 Å². The zero-order valence-electron chi connectivity index (χ0n) is 29.6. The molecule has 4 atom stereocenters. The summed E-state index contributed by atoms with van der Waals surface area (Å²) in [6.45, 7) is 18.6. The van der Waals surface area contributed by atoms with Crippen LogP contribution in [0.3, 0.4) is 0 Å². The van der Waals surface area contributed by atoms with Gasteiger partial charge in [0.2, 0.25) is 5.84 Å². The van der Waals surface area contributed by atoms with Crippen molar-refractivity contribution in [3.05, 3.63) is 83.6 Å². The number of carbonyl (C=O) groups excluding carboxylic acids is 2. The fourth-order valence-electron chi connectivity index (χ4n) is 5.86. The van der Waals surface area contributed by atoms with Gasteiger partial charge in [0, 0.05) is 24.1 Å². The monoisotopic (exact) mass is 654 g/mol. The minimum Gasteiger partial charge on any atom is -0.389 e. The highest BCUT2D eigenvalue weighted by Crippen LogP contribution is 2.31. The number of aliphatic hydroxyl groups excluding tert-OH is 1. The van der Waals surface area contributed by atoms with E-state index in [2.05, 4.69) is 58.9 Å². The molecule has 47 heavy (non-hydrogen) atoms. The minimum absolute atomic E-state index is 0. The Bertz CT molecular complexity index is 1240. The largest absolute Gasteiger partial charge is 0.389 e. The standard InChI is InChI=1S/C24H37N5O2.C11H16O.C2H7N.CH4/c1-5-21(25)28-20(14-26-6-2)24(3)22(30)19(15-29(24)4)27-23(31)18-13-9-11-16-10-7-8-12-17(16)18;1-5-11(9(2)3)7-6-10(4)8-12;1-3-2;/h6,9,11,13,19-20,22,26,30H,2,5,7-8,10,12,14-15H2,1,3-4H3,(H2,25,28)(H,27,31);5-9H,4H2,1-3H3;3H,1-2H3;1H4/p+1/b;7-6-,11-5+;;. The Kier molecular flexibility index (Phi) is 20.5. The molecule has 0 radical (unpaired) electrons. The van der Waals surface area contributed by atoms with E-state index in [0.29, 0.717) is 36.8 Å². The zero-order valence-corrected chi connectivity index (χ0v) is 29.6. The van der Waals surface area contributed by atoms with Crippen LogP contribution in [0.15, 0.2) is 66.9 Å². The molecule has 1 aromatic rings. The van der Waals surface area contributed by atoms with E-state index in [-0.39, 0.29) is 25.4 Å². The number of fused-ring (bicyclic) bond motifs is 1. The number of likely N-dealkylation sites (tertiary alicyclic amines) is 1. The second kappa shape index (κ2) is 22.1. The molecule has 264 valence electrons. The molecule has 1 aliphatic carbocycles. The Morgan fingerprint density at radius 3 is 2.43 bits per heavy atom. The van der Waals surface area contributed by atoms with Gasteiger partial charge in [0.25, 0.3) is 5.91 Å². The first-order valence-corrected chi connectivity index (χ1v) is 16.5. The number of allylic oxidation sites excluding steroid dienone is 5. The molecule has 1 fully saturated rings. The van der Waals surface area contributed by atoms with E-state index in [1.807, 2.05) is 66.2 Å². The molecule has 1 aliphatic heterocycles. The molecule has 1 saturated heterocycles. The lowest BCUT2D eigenvalue weighted by molar-refractivity contribution is -0.522. The minimum atomic E-state index is -0.769. The number of nitrogens with one attached hydrogen (secondary N) is 4. The van der Waals surface area contributed by atoms with Gasteiger partial charge in [0.05, 0.1) is 24.2 Å². The molecule has 2 aliphatic rings. The number of aryl methyl sites for hydroxylation is 1. The van der Waals surface area contributed by atoms with Crippen molar-refractivity contribution < 1.29 is 19.7 Å². The van der Waals surface area contributed by atoms with Crippen LogP contribution in [0.5, 0.6) is 0 Å². The van der Waals surface area contributed by atoms with Crippen molar-refractivity contribution in [1.29, 1.82) is 0 Å². The quantitative estimate of drug-likeness (QED) is 0.0672. The molecule has 4 unspecified atom stereocenters. The molecule has 1 heterocycles. The fourth-order valence-corrected chi connectivity index (χ4v) is 5.86. The molecule has 0 saturated carbocycles. The molecule has 0 bridgehead atoms. The Morgan fingerprint density at radius 2 is 1.87 bits per heavy atom. The van der Waals surface area contributed by atoms with E-state index in [4.69, 9.17) is 5.73 Å². The Labute approximate surface area is 285 Å². The second-order valence-electron chi connectivity index (χ2n) is 12.4. The first-order chi connectivity index (χ1) is 21.8. The number of benzene rings is 1.